The largest absolute Gasteiger partial charge is 0.336 e. The quantitative estimate of drug-likeness (QED) is 0.805. The van der Waals surface area contributed by atoms with Crippen LogP contribution in [0.1, 0.15) is 49.4 Å². The zero-order chi connectivity index (χ0) is 13.0. The molecule has 0 atom stereocenters. The first-order valence-electron chi connectivity index (χ1n) is 6.79. The molecule has 1 amide bonds. The topological polar surface area (TPSA) is 20.3 Å². The van der Waals surface area contributed by atoms with Crippen molar-refractivity contribution in [2.45, 2.75) is 45.1 Å². The van der Waals surface area contributed by atoms with Gasteiger partial charge >= 0.3 is 0 Å². The van der Waals surface area contributed by atoms with Crippen molar-refractivity contribution in [3.8, 4) is 0 Å². The van der Waals surface area contributed by atoms with Crippen LogP contribution in [0.3, 0.4) is 0 Å². The van der Waals surface area contributed by atoms with E-state index in [0.29, 0.717) is 16.6 Å². The van der Waals surface area contributed by atoms with Crippen LogP contribution in [0.25, 0.3) is 0 Å². The molecule has 98 valence electrons. The third kappa shape index (κ3) is 2.86. The van der Waals surface area contributed by atoms with Gasteiger partial charge in [0.1, 0.15) is 0 Å². The van der Waals surface area contributed by atoms with Gasteiger partial charge in [0.05, 0.1) is 10.6 Å². The van der Waals surface area contributed by atoms with Crippen LogP contribution in [-0.4, -0.2) is 23.4 Å². The van der Waals surface area contributed by atoms with Crippen LogP contribution in [0.5, 0.6) is 0 Å². The van der Waals surface area contributed by atoms with Crippen molar-refractivity contribution in [3.63, 3.8) is 0 Å². The van der Waals surface area contributed by atoms with Gasteiger partial charge in [-0.25, -0.2) is 0 Å². The molecule has 2 nitrogen and oxygen atoms in total. The Morgan fingerprint density at radius 2 is 1.94 bits per heavy atom. The molecule has 3 heteroatoms. The fraction of sp³-hybridized carbons (Fsp3) is 0.533. The lowest BCUT2D eigenvalue weighted by molar-refractivity contribution is 0.0648. The summed E-state index contributed by atoms with van der Waals surface area (Å²) in [6.07, 6.45) is 6.02. The first-order valence-corrected chi connectivity index (χ1v) is 7.17. The Morgan fingerprint density at radius 1 is 1.28 bits per heavy atom. The smallest absolute Gasteiger partial charge is 0.255 e. The molecule has 0 bridgehead atoms. The van der Waals surface area contributed by atoms with Gasteiger partial charge in [-0.3, -0.25) is 4.79 Å². The minimum atomic E-state index is 0.0787. The lowest BCUT2D eigenvalue weighted by Crippen LogP contribution is -2.41. The summed E-state index contributed by atoms with van der Waals surface area (Å²) in [6.45, 7) is 2.80. The average molecular weight is 266 g/mol. The molecule has 0 aromatic heterocycles. The first kappa shape index (κ1) is 13.4. The molecule has 1 aromatic carbocycles. The number of benzene rings is 1. The molecule has 1 fully saturated rings. The van der Waals surface area contributed by atoms with E-state index in [1.165, 1.54) is 19.3 Å². The number of hydrogen-bond donors (Lipinski definition) is 0. The second kappa shape index (κ2) is 6.24. The standard InChI is InChI=1S/C15H20ClNO/c1-2-17(12-8-4-3-5-9-12)15(18)13-10-6-7-11-14(13)16/h6-7,10-12H,2-5,8-9H2,1H3. The van der Waals surface area contributed by atoms with Gasteiger partial charge in [-0.1, -0.05) is 43.0 Å². The molecule has 0 spiro atoms. The molecule has 1 saturated carbocycles. The van der Waals surface area contributed by atoms with Crippen LogP contribution in [0, 0.1) is 0 Å². The van der Waals surface area contributed by atoms with Crippen LogP contribution in [0.4, 0.5) is 0 Å². The van der Waals surface area contributed by atoms with Crippen LogP contribution < -0.4 is 0 Å². The van der Waals surface area contributed by atoms with Crippen molar-refractivity contribution < 1.29 is 4.79 Å². The van der Waals surface area contributed by atoms with Crippen molar-refractivity contribution in [2.75, 3.05) is 6.54 Å². The van der Waals surface area contributed by atoms with Crippen molar-refractivity contribution in [3.05, 3.63) is 34.9 Å². The molecule has 0 heterocycles. The van der Waals surface area contributed by atoms with Gasteiger partial charge in [-0.2, -0.15) is 0 Å². The normalized spacial score (nSPS) is 16.6. The summed E-state index contributed by atoms with van der Waals surface area (Å²) >= 11 is 6.11. The molecule has 0 saturated heterocycles. The maximum Gasteiger partial charge on any atom is 0.255 e. The molecular weight excluding hydrogens is 246 g/mol. The van der Waals surface area contributed by atoms with E-state index < -0.39 is 0 Å². The van der Waals surface area contributed by atoms with Gasteiger partial charge in [0.15, 0.2) is 0 Å². The molecule has 0 N–H and O–H groups in total. The van der Waals surface area contributed by atoms with E-state index in [0.717, 1.165) is 19.4 Å². The minimum absolute atomic E-state index is 0.0787. The summed E-state index contributed by atoms with van der Waals surface area (Å²) in [5, 5.41) is 0.553. The van der Waals surface area contributed by atoms with Gasteiger partial charge < -0.3 is 4.90 Å². The Morgan fingerprint density at radius 3 is 2.56 bits per heavy atom. The Balaban J connectivity index is 2.17. The zero-order valence-electron chi connectivity index (χ0n) is 10.9. The Hall–Kier alpha value is -1.02. The van der Waals surface area contributed by atoms with Crippen LogP contribution >= 0.6 is 11.6 Å². The summed E-state index contributed by atoms with van der Waals surface area (Å²) in [4.78, 5) is 14.5. The lowest BCUT2D eigenvalue weighted by Gasteiger charge is -2.33. The van der Waals surface area contributed by atoms with Crippen molar-refractivity contribution in [1.29, 1.82) is 0 Å². The molecule has 18 heavy (non-hydrogen) atoms. The van der Waals surface area contributed by atoms with Gasteiger partial charge in [0.2, 0.25) is 0 Å². The van der Waals surface area contributed by atoms with Crippen LogP contribution in [-0.2, 0) is 0 Å². The second-order valence-electron chi connectivity index (χ2n) is 4.86. The Kier molecular flexibility index (Phi) is 4.65. The number of nitrogens with zero attached hydrogens (tertiary/aromatic N) is 1. The maximum atomic E-state index is 12.5. The average Bonchev–Trinajstić information content (AvgIpc) is 2.41. The highest BCUT2D eigenvalue weighted by molar-refractivity contribution is 6.33. The monoisotopic (exact) mass is 265 g/mol. The van der Waals surface area contributed by atoms with E-state index in [4.69, 9.17) is 11.6 Å². The highest BCUT2D eigenvalue weighted by Gasteiger charge is 2.25. The van der Waals surface area contributed by atoms with Crippen molar-refractivity contribution in [1.82, 2.24) is 4.90 Å². The fourth-order valence-electron chi connectivity index (χ4n) is 2.75. The van der Waals surface area contributed by atoms with E-state index in [1.807, 2.05) is 30.0 Å². The van der Waals surface area contributed by atoms with E-state index in [9.17, 15) is 4.79 Å². The fourth-order valence-corrected chi connectivity index (χ4v) is 2.97. The molecule has 1 aliphatic rings. The number of carbonyl (C=O) groups excluding carboxylic acids is 1. The number of carbonyl (C=O) groups is 1. The highest BCUT2D eigenvalue weighted by Crippen LogP contribution is 2.25. The van der Waals surface area contributed by atoms with Gasteiger partial charge in [0, 0.05) is 12.6 Å². The van der Waals surface area contributed by atoms with E-state index in [1.54, 1.807) is 6.07 Å². The zero-order valence-corrected chi connectivity index (χ0v) is 11.6. The van der Waals surface area contributed by atoms with E-state index in [2.05, 4.69) is 0 Å². The minimum Gasteiger partial charge on any atom is -0.336 e. The summed E-state index contributed by atoms with van der Waals surface area (Å²) < 4.78 is 0. The number of rotatable bonds is 3. The van der Waals surface area contributed by atoms with Gasteiger partial charge in [-0.15, -0.1) is 0 Å². The van der Waals surface area contributed by atoms with Gasteiger partial charge in [-0.05, 0) is 31.9 Å². The molecule has 2 rings (SSSR count). The summed E-state index contributed by atoms with van der Waals surface area (Å²) in [7, 11) is 0. The molecule has 0 radical (unpaired) electrons. The SMILES string of the molecule is CCN(C(=O)c1ccccc1Cl)C1CCCCC1. The summed E-state index contributed by atoms with van der Waals surface area (Å²) in [5.41, 5.74) is 0.631. The summed E-state index contributed by atoms with van der Waals surface area (Å²) in [5.74, 6) is 0.0787. The van der Waals surface area contributed by atoms with Crippen LogP contribution in [0.2, 0.25) is 5.02 Å². The molecule has 0 unspecified atom stereocenters. The van der Waals surface area contributed by atoms with Gasteiger partial charge in [0.25, 0.3) is 5.91 Å². The number of hydrogen-bond acceptors (Lipinski definition) is 1. The Labute approximate surface area is 114 Å². The summed E-state index contributed by atoms with van der Waals surface area (Å²) in [6, 6.07) is 7.72. The highest BCUT2D eigenvalue weighted by atomic mass is 35.5. The van der Waals surface area contributed by atoms with E-state index in [-0.39, 0.29) is 5.91 Å². The maximum absolute atomic E-state index is 12.5. The second-order valence-corrected chi connectivity index (χ2v) is 5.27. The third-order valence-corrected chi connectivity index (χ3v) is 4.05. The number of halogens is 1. The first-order chi connectivity index (χ1) is 8.74. The number of amides is 1. The molecule has 0 aliphatic heterocycles. The van der Waals surface area contributed by atoms with Crippen molar-refractivity contribution >= 4 is 17.5 Å². The molecule has 1 aliphatic carbocycles. The molecular formula is C15H20ClNO. The predicted octanol–water partition coefficient (Wildman–Crippen LogP) is 4.13. The Bertz CT molecular complexity index is 413. The molecule has 1 aromatic rings. The van der Waals surface area contributed by atoms with Crippen molar-refractivity contribution in [2.24, 2.45) is 0 Å². The predicted molar refractivity (Wildman–Crippen MR) is 75.0 cm³/mol. The van der Waals surface area contributed by atoms with Crippen LogP contribution in [0.15, 0.2) is 24.3 Å². The third-order valence-electron chi connectivity index (χ3n) is 3.72. The lowest BCUT2D eigenvalue weighted by atomic mass is 9.93. The van der Waals surface area contributed by atoms with E-state index >= 15 is 0 Å².